The predicted octanol–water partition coefficient (Wildman–Crippen LogP) is -2.10. The molecule has 0 aliphatic rings. The number of carboxylic acids is 1. The summed E-state index contributed by atoms with van der Waals surface area (Å²) < 4.78 is 0. The lowest BCUT2D eigenvalue weighted by molar-refractivity contribution is -0.137. The van der Waals surface area contributed by atoms with Crippen LogP contribution in [0.15, 0.2) is 0 Å². The Morgan fingerprint density at radius 1 is 1.27 bits per heavy atom. The smallest absolute Gasteiger partial charge is 0.302 e. The van der Waals surface area contributed by atoms with Crippen molar-refractivity contribution in [2.45, 2.75) is 17.0 Å². The molecule has 0 atom stereocenters. The van der Waals surface area contributed by atoms with Crippen LogP contribution < -0.4 is 0 Å². The molecule has 0 amide bonds. The third-order valence-corrected chi connectivity index (χ3v) is 1.19. The predicted molar refractivity (Wildman–Crippen MR) is 42.9 cm³/mol. The van der Waals surface area contributed by atoms with E-state index in [0.717, 1.165) is 0 Å². The zero-order valence-corrected chi connectivity index (χ0v) is 5.82. The van der Waals surface area contributed by atoms with E-state index in [1.165, 1.54) is 0 Å². The van der Waals surface area contributed by atoms with Crippen molar-refractivity contribution in [1.29, 1.82) is 0 Å². The van der Waals surface area contributed by atoms with Crippen molar-refractivity contribution in [3.05, 3.63) is 0 Å². The fourth-order valence-corrected chi connectivity index (χ4v) is 0.392. The molecular formula is C4H4B4O3. The van der Waals surface area contributed by atoms with E-state index in [-0.39, 0.29) is 0 Å². The van der Waals surface area contributed by atoms with Crippen LogP contribution in [0.4, 0.5) is 0 Å². The van der Waals surface area contributed by atoms with Crippen LogP contribution in [0.3, 0.4) is 0 Å². The summed E-state index contributed by atoms with van der Waals surface area (Å²) in [6.45, 7) is 0. The highest BCUT2D eigenvalue weighted by atomic mass is 16.4. The Labute approximate surface area is 70.2 Å². The van der Waals surface area contributed by atoms with Gasteiger partial charge >= 0.3 is 5.97 Å². The molecular weight excluding hydrogens is 139 g/mol. The molecule has 0 aromatic heterocycles. The summed E-state index contributed by atoms with van der Waals surface area (Å²) >= 11 is 0. The fourth-order valence-electron chi connectivity index (χ4n) is 0.392. The van der Waals surface area contributed by atoms with Gasteiger partial charge in [-0.15, -0.1) is 0 Å². The topological polar surface area (TPSA) is 57.5 Å². The van der Waals surface area contributed by atoms with Crippen molar-refractivity contribution in [3.8, 4) is 0 Å². The summed E-state index contributed by atoms with van der Waals surface area (Å²) in [6.07, 6.45) is -0.712. The Bertz CT molecular complexity index is 161. The third kappa shape index (κ3) is 3.06. The van der Waals surface area contributed by atoms with E-state index in [4.69, 9.17) is 41.6 Å². The van der Waals surface area contributed by atoms with E-state index < -0.39 is 23.0 Å². The Kier molecular flexibility index (Phi) is 2.89. The van der Waals surface area contributed by atoms with Gasteiger partial charge in [-0.3, -0.25) is 4.79 Å². The van der Waals surface area contributed by atoms with Crippen molar-refractivity contribution in [3.63, 3.8) is 0 Å². The molecule has 0 aliphatic carbocycles. The number of carboxylic acid groups (broad SMARTS) is 1. The molecule has 0 saturated heterocycles. The number of hydrogen-bond donors (Lipinski definition) is 2. The van der Waals surface area contributed by atoms with E-state index in [9.17, 15) is 4.79 Å². The molecule has 11 heavy (non-hydrogen) atoms. The van der Waals surface area contributed by atoms with Crippen molar-refractivity contribution >= 4 is 37.4 Å². The van der Waals surface area contributed by atoms with Crippen LogP contribution in [0.2, 0.25) is 5.21 Å². The summed E-state index contributed by atoms with van der Waals surface area (Å²) in [7, 11) is 19.9. The molecule has 3 nitrogen and oxygen atoms in total. The molecule has 50 valence electrons. The largest absolute Gasteiger partial charge is 0.481 e. The number of carbonyl (C=O) groups is 1. The Morgan fingerprint density at radius 2 is 1.64 bits per heavy atom. The second-order valence-corrected chi connectivity index (χ2v) is 2.44. The first-order valence-corrected chi connectivity index (χ1v) is 2.76. The quantitative estimate of drug-likeness (QED) is 0.445. The maximum absolute atomic E-state index is 10.1. The van der Waals surface area contributed by atoms with Crippen LogP contribution in [0.5, 0.6) is 0 Å². The summed E-state index contributed by atoms with van der Waals surface area (Å²) in [5.41, 5.74) is 0. The maximum atomic E-state index is 10.1. The van der Waals surface area contributed by atoms with Crippen LogP contribution in [0, 0.1) is 0 Å². The lowest BCUT2D eigenvalue weighted by Gasteiger charge is -2.38. The Hall–Kier alpha value is -0.310. The van der Waals surface area contributed by atoms with E-state index in [1.807, 2.05) is 0 Å². The van der Waals surface area contributed by atoms with Gasteiger partial charge in [-0.2, -0.15) is 0 Å². The van der Waals surface area contributed by atoms with Crippen molar-refractivity contribution in [2.75, 3.05) is 0 Å². The van der Waals surface area contributed by atoms with Crippen LogP contribution in [0.25, 0.3) is 0 Å². The first kappa shape index (κ1) is 10.7. The van der Waals surface area contributed by atoms with Gasteiger partial charge in [-0.05, 0) is 5.40 Å². The highest BCUT2D eigenvalue weighted by Crippen LogP contribution is 2.30. The average molecular weight is 143 g/mol. The van der Waals surface area contributed by atoms with Gasteiger partial charge in [0.25, 0.3) is 0 Å². The van der Waals surface area contributed by atoms with E-state index in [1.54, 1.807) is 0 Å². The minimum atomic E-state index is -2.40. The zero-order chi connectivity index (χ0) is 9.28. The standard InChI is InChI=1S/C4H4B4O3/c5-3(6,1-2(9)10)4(7,8)11/h11H,1H2,(H,9,10). The first-order valence-electron chi connectivity index (χ1n) is 2.76. The summed E-state index contributed by atoms with van der Waals surface area (Å²) in [6, 6.07) is 0. The number of hydrogen-bond acceptors (Lipinski definition) is 2. The molecule has 2 N–H and O–H groups in total. The van der Waals surface area contributed by atoms with E-state index >= 15 is 0 Å². The van der Waals surface area contributed by atoms with Crippen molar-refractivity contribution in [1.82, 2.24) is 0 Å². The summed E-state index contributed by atoms with van der Waals surface area (Å²) in [5.74, 6) is -1.29. The zero-order valence-electron chi connectivity index (χ0n) is 5.82. The lowest BCUT2D eigenvalue weighted by Crippen LogP contribution is -2.46. The average Bonchev–Trinajstić information content (AvgIpc) is 1.56. The van der Waals surface area contributed by atoms with E-state index in [2.05, 4.69) is 0 Å². The van der Waals surface area contributed by atoms with Crippen LogP contribution in [0.1, 0.15) is 6.42 Å². The summed E-state index contributed by atoms with van der Waals surface area (Å²) in [5, 5.41) is 12.6. The van der Waals surface area contributed by atoms with Gasteiger partial charge in [0.15, 0.2) is 0 Å². The maximum Gasteiger partial charge on any atom is 0.302 e. The monoisotopic (exact) mass is 144 g/mol. The highest BCUT2D eigenvalue weighted by molar-refractivity contribution is 6.54. The van der Waals surface area contributed by atoms with Crippen molar-refractivity contribution in [2.24, 2.45) is 0 Å². The second-order valence-electron chi connectivity index (χ2n) is 2.44. The molecule has 0 spiro atoms. The molecule has 0 aliphatic heterocycles. The van der Waals surface area contributed by atoms with Gasteiger partial charge in [0.2, 0.25) is 0 Å². The van der Waals surface area contributed by atoms with Gasteiger partial charge < -0.3 is 10.2 Å². The molecule has 0 heterocycles. The normalized spacial score (nSPS) is 12.8. The van der Waals surface area contributed by atoms with Crippen molar-refractivity contribution < 1.29 is 15.0 Å². The number of rotatable bonds is 3. The SMILES string of the molecule is [B]C([B])(O)C([B])([B])CC(=O)O. The minimum Gasteiger partial charge on any atom is -0.481 e. The van der Waals surface area contributed by atoms with Gasteiger partial charge in [-0.1, -0.05) is 5.21 Å². The lowest BCUT2D eigenvalue weighted by atomic mass is 9.34. The van der Waals surface area contributed by atoms with E-state index in [0.29, 0.717) is 0 Å². The first-order chi connectivity index (χ1) is 4.67. The van der Waals surface area contributed by atoms with Crippen LogP contribution >= 0.6 is 0 Å². The van der Waals surface area contributed by atoms with Gasteiger partial charge in [0.05, 0.1) is 31.4 Å². The van der Waals surface area contributed by atoms with Crippen LogP contribution in [-0.4, -0.2) is 53.0 Å². The molecule has 0 bridgehead atoms. The molecule has 0 rings (SSSR count). The van der Waals surface area contributed by atoms with Crippen LogP contribution in [-0.2, 0) is 4.79 Å². The molecule has 7 heteroatoms. The molecule has 0 aromatic rings. The molecule has 0 saturated carbocycles. The Balaban J connectivity index is 4.34. The van der Waals surface area contributed by atoms with Gasteiger partial charge in [0, 0.05) is 6.42 Å². The number of aliphatic hydroxyl groups is 1. The molecule has 0 fully saturated rings. The molecule has 8 radical (unpaired) electrons. The molecule has 0 aromatic carbocycles. The minimum absolute atomic E-state index is 0.712. The highest BCUT2D eigenvalue weighted by Gasteiger charge is 2.34. The van der Waals surface area contributed by atoms with Gasteiger partial charge in [0.1, 0.15) is 0 Å². The fraction of sp³-hybridized carbons (Fsp3) is 0.750. The summed E-state index contributed by atoms with van der Waals surface area (Å²) in [4.78, 5) is 10.1. The molecule has 0 unspecified atom stereocenters. The Morgan fingerprint density at radius 3 is 1.73 bits per heavy atom. The van der Waals surface area contributed by atoms with Gasteiger partial charge in [-0.25, -0.2) is 0 Å². The second kappa shape index (κ2) is 2.97. The third-order valence-electron chi connectivity index (χ3n) is 1.19. The number of aliphatic carboxylic acids is 1.